The van der Waals surface area contributed by atoms with Crippen LogP contribution in [0.15, 0.2) is 30.3 Å². The minimum atomic E-state index is -1.69. The Kier molecular flexibility index (Phi) is 3.60. The molecule has 0 atom stereocenters. The van der Waals surface area contributed by atoms with Crippen molar-refractivity contribution >= 4 is 18.0 Å². The van der Waals surface area contributed by atoms with E-state index in [0.717, 1.165) is 10.5 Å². The lowest BCUT2D eigenvalue weighted by atomic mass is 9.79. The number of carbonyl (C=O) groups is 3. The van der Waals surface area contributed by atoms with Crippen LogP contribution in [0.25, 0.3) is 0 Å². The lowest BCUT2D eigenvalue weighted by molar-refractivity contribution is -0.164. The molecule has 0 bridgehead atoms. The van der Waals surface area contributed by atoms with Crippen LogP contribution in [0.3, 0.4) is 0 Å². The number of primary amides is 1. The summed E-state index contributed by atoms with van der Waals surface area (Å²) < 4.78 is 5.03. The largest absolute Gasteiger partial charge is 0.480 e. The summed E-state index contributed by atoms with van der Waals surface area (Å²) >= 11 is 0. The van der Waals surface area contributed by atoms with Crippen LogP contribution in [0.4, 0.5) is 4.79 Å². The highest BCUT2D eigenvalue weighted by Crippen LogP contribution is 2.31. The highest BCUT2D eigenvalue weighted by atomic mass is 16.6. The average molecular weight is 278 g/mol. The van der Waals surface area contributed by atoms with Crippen LogP contribution in [0.1, 0.15) is 5.56 Å². The minimum Gasteiger partial charge on any atom is -0.480 e. The Morgan fingerprint density at radius 1 is 1.25 bits per heavy atom. The SMILES string of the molecule is NC(=O)C1(C(=O)O)CN(C(=O)OCc2ccccc2)C1. The van der Waals surface area contributed by atoms with Gasteiger partial charge in [-0.1, -0.05) is 30.3 Å². The maximum Gasteiger partial charge on any atom is 0.410 e. The van der Waals surface area contributed by atoms with E-state index in [1.807, 2.05) is 18.2 Å². The van der Waals surface area contributed by atoms with Gasteiger partial charge in [-0.25, -0.2) is 4.79 Å². The summed E-state index contributed by atoms with van der Waals surface area (Å²) in [4.78, 5) is 35.0. The maximum atomic E-state index is 11.7. The Balaban J connectivity index is 1.88. The molecule has 0 spiro atoms. The molecule has 1 heterocycles. The van der Waals surface area contributed by atoms with Crippen molar-refractivity contribution in [2.45, 2.75) is 6.61 Å². The standard InChI is InChI=1S/C13H14N2O5/c14-10(16)13(11(17)18)7-15(8-13)12(19)20-6-9-4-2-1-3-5-9/h1-5H,6-8H2,(H2,14,16)(H,17,18). The first-order chi connectivity index (χ1) is 9.45. The van der Waals surface area contributed by atoms with Gasteiger partial charge < -0.3 is 20.5 Å². The van der Waals surface area contributed by atoms with Gasteiger partial charge in [0.1, 0.15) is 6.61 Å². The Morgan fingerprint density at radius 3 is 2.35 bits per heavy atom. The molecule has 1 aliphatic heterocycles. The molecular formula is C13H14N2O5. The third kappa shape index (κ3) is 2.42. The number of nitrogens with zero attached hydrogens (tertiary/aromatic N) is 1. The number of amides is 2. The molecule has 1 saturated heterocycles. The second kappa shape index (κ2) is 5.20. The molecule has 1 aromatic carbocycles. The first-order valence-corrected chi connectivity index (χ1v) is 5.94. The normalized spacial score (nSPS) is 16.1. The molecule has 7 nitrogen and oxygen atoms in total. The van der Waals surface area contributed by atoms with Crippen molar-refractivity contribution in [3.63, 3.8) is 0 Å². The van der Waals surface area contributed by atoms with E-state index < -0.39 is 23.4 Å². The molecule has 1 fully saturated rings. The predicted octanol–water partition coefficient (Wildman–Crippen LogP) is 0.195. The summed E-state index contributed by atoms with van der Waals surface area (Å²) in [5, 5.41) is 8.98. The lowest BCUT2D eigenvalue weighted by Gasteiger charge is -2.43. The van der Waals surface area contributed by atoms with Crippen molar-refractivity contribution < 1.29 is 24.2 Å². The molecule has 1 aliphatic rings. The number of rotatable bonds is 4. The van der Waals surface area contributed by atoms with Gasteiger partial charge in [-0.3, -0.25) is 9.59 Å². The second-order valence-corrected chi connectivity index (χ2v) is 4.65. The molecule has 0 aliphatic carbocycles. The summed E-state index contributed by atoms with van der Waals surface area (Å²) in [7, 11) is 0. The molecule has 7 heteroatoms. The zero-order valence-corrected chi connectivity index (χ0v) is 10.6. The topological polar surface area (TPSA) is 110 Å². The fraction of sp³-hybridized carbons (Fsp3) is 0.308. The Hall–Kier alpha value is -2.57. The van der Waals surface area contributed by atoms with Crippen molar-refractivity contribution in [1.82, 2.24) is 4.90 Å². The van der Waals surface area contributed by atoms with Crippen LogP contribution < -0.4 is 5.73 Å². The van der Waals surface area contributed by atoms with E-state index in [-0.39, 0.29) is 19.7 Å². The highest BCUT2D eigenvalue weighted by molar-refractivity contribution is 6.03. The average Bonchev–Trinajstić information content (AvgIpc) is 2.35. The first-order valence-electron chi connectivity index (χ1n) is 5.94. The molecular weight excluding hydrogens is 264 g/mol. The number of carbonyl (C=O) groups excluding carboxylic acids is 2. The van der Waals surface area contributed by atoms with Gasteiger partial charge in [0.2, 0.25) is 5.91 Å². The second-order valence-electron chi connectivity index (χ2n) is 4.65. The van der Waals surface area contributed by atoms with Gasteiger partial charge in [-0.2, -0.15) is 0 Å². The summed E-state index contributed by atoms with van der Waals surface area (Å²) in [6, 6.07) is 9.07. The van der Waals surface area contributed by atoms with Crippen molar-refractivity contribution in [1.29, 1.82) is 0 Å². The monoisotopic (exact) mass is 278 g/mol. The Bertz CT molecular complexity index is 521. The third-order valence-corrected chi connectivity index (χ3v) is 3.27. The number of benzene rings is 1. The van der Waals surface area contributed by atoms with E-state index in [1.54, 1.807) is 12.1 Å². The molecule has 3 N–H and O–H groups in total. The molecule has 1 aromatic rings. The Morgan fingerprint density at radius 2 is 1.85 bits per heavy atom. The molecule has 2 amide bonds. The molecule has 20 heavy (non-hydrogen) atoms. The third-order valence-electron chi connectivity index (χ3n) is 3.27. The van der Waals surface area contributed by atoms with E-state index in [2.05, 4.69) is 0 Å². The first kappa shape index (κ1) is 13.9. The summed E-state index contributed by atoms with van der Waals surface area (Å²) in [5.41, 5.74) is 4.19. The van der Waals surface area contributed by atoms with Crippen LogP contribution in [0, 0.1) is 5.41 Å². The molecule has 0 saturated carbocycles. The van der Waals surface area contributed by atoms with Crippen molar-refractivity contribution in [3.8, 4) is 0 Å². The number of nitrogens with two attached hydrogens (primary N) is 1. The molecule has 0 unspecified atom stereocenters. The number of ether oxygens (including phenoxy) is 1. The van der Waals surface area contributed by atoms with Crippen LogP contribution >= 0.6 is 0 Å². The smallest absolute Gasteiger partial charge is 0.410 e. The number of carboxylic acid groups (broad SMARTS) is 1. The molecule has 106 valence electrons. The zero-order chi connectivity index (χ0) is 14.8. The summed E-state index contributed by atoms with van der Waals surface area (Å²) in [6.07, 6.45) is -0.660. The predicted molar refractivity (Wildman–Crippen MR) is 67.5 cm³/mol. The van der Waals surface area contributed by atoms with E-state index in [0.29, 0.717) is 0 Å². The van der Waals surface area contributed by atoms with Crippen molar-refractivity contribution in [3.05, 3.63) is 35.9 Å². The van der Waals surface area contributed by atoms with Crippen LogP contribution in [-0.4, -0.2) is 41.1 Å². The number of hydrogen-bond donors (Lipinski definition) is 2. The number of carboxylic acids is 1. The van der Waals surface area contributed by atoms with Crippen LogP contribution in [-0.2, 0) is 20.9 Å². The number of likely N-dealkylation sites (tertiary alicyclic amines) is 1. The molecule has 0 aromatic heterocycles. The van der Waals surface area contributed by atoms with Gasteiger partial charge in [0.15, 0.2) is 5.41 Å². The number of aliphatic carboxylic acids is 1. The van der Waals surface area contributed by atoms with Gasteiger partial charge in [-0.15, -0.1) is 0 Å². The number of hydrogen-bond acceptors (Lipinski definition) is 4. The maximum absolute atomic E-state index is 11.7. The van der Waals surface area contributed by atoms with Gasteiger partial charge in [0.05, 0.1) is 13.1 Å². The van der Waals surface area contributed by atoms with Crippen LogP contribution in [0.5, 0.6) is 0 Å². The summed E-state index contributed by atoms with van der Waals surface area (Å²) in [6.45, 7) is -0.427. The fourth-order valence-electron chi connectivity index (χ4n) is 1.94. The van der Waals surface area contributed by atoms with Crippen molar-refractivity contribution in [2.24, 2.45) is 11.1 Å². The van der Waals surface area contributed by atoms with E-state index in [4.69, 9.17) is 15.6 Å². The highest BCUT2D eigenvalue weighted by Gasteiger charge is 2.56. The van der Waals surface area contributed by atoms with E-state index >= 15 is 0 Å². The van der Waals surface area contributed by atoms with E-state index in [9.17, 15) is 14.4 Å². The zero-order valence-electron chi connectivity index (χ0n) is 10.6. The van der Waals surface area contributed by atoms with Crippen LogP contribution in [0.2, 0.25) is 0 Å². The lowest BCUT2D eigenvalue weighted by Crippen LogP contribution is -2.67. The van der Waals surface area contributed by atoms with Gasteiger partial charge >= 0.3 is 12.1 Å². The molecule has 2 rings (SSSR count). The van der Waals surface area contributed by atoms with Gasteiger partial charge in [0, 0.05) is 0 Å². The van der Waals surface area contributed by atoms with Crippen molar-refractivity contribution in [2.75, 3.05) is 13.1 Å². The minimum absolute atomic E-state index is 0.0901. The van der Waals surface area contributed by atoms with E-state index in [1.165, 1.54) is 0 Å². The fourth-order valence-corrected chi connectivity index (χ4v) is 1.94. The Labute approximate surface area is 114 Å². The molecule has 0 radical (unpaired) electrons. The summed E-state index contributed by atoms with van der Waals surface area (Å²) in [5.74, 6) is -2.27. The van der Waals surface area contributed by atoms with Gasteiger partial charge in [-0.05, 0) is 5.56 Å². The van der Waals surface area contributed by atoms with Gasteiger partial charge in [0.25, 0.3) is 0 Å². The quantitative estimate of drug-likeness (QED) is 0.764.